The van der Waals surface area contributed by atoms with Crippen LogP contribution in [0.25, 0.3) is 0 Å². The molecule has 1 saturated carbocycles. The van der Waals surface area contributed by atoms with Gasteiger partial charge in [0.25, 0.3) is 0 Å². The van der Waals surface area contributed by atoms with Gasteiger partial charge in [-0.05, 0) is 20.0 Å². The van der Waals surface area contributed by atoms with E-state index in [2.05, 4.69) is 12.2 Å². The van der Waals surface area contributed by atoms with Crippen LogP contribution in [0, 0.1) is 0 Å². The van der Waals surface area contributed by atoms with Crippen molar-refractivity contribution in [2.45, 2.75) is 51.9 Å². The van der Waals surface area contributed by atoms with Crippen molar-refractivity contribution in [1.82, 2.24) is 5.32 Å². The van der Waals surface area contributed by atoms with Gasteiger partial charge in [0.1, 0.15) is 0 Å². The van der Waals surface area contributed by atoms with Crippen molar-refractivity contribution < 1.29 is 0 Å². The smallest absolute Gasteiger partial charge is 0.00546 e. The van der Waals surface area contributed by atoms with Gasteiger partial charge in [-0.15, -0.1) is 0 Å². The minimum atomic E-state index is 1.14. The highest BCUT2D eigenvalue weighted by molar-refractivity contribution is 4.51. The van der Waals surface area contributed by atoms with E-state index >= 15 is 0 Å². The molecule has 1 rings (SSSR count). The second-order valence-corrected chi connectivity index (χ2v) is 3.22. The van der Waals surface area contributed by atoms with Gasteiger partial charge in [-0.2, -0.15) is 0 Å². The lowest BCUT2D eigenvalue weighted by molar-refractivity contribution is 0.504. The molecule has 0 aromatic heterocycles. The van der Waals surface area contributed by atoms with Gasteiger partial charge in [0, 0.05) is 0 Å². The summed E-state index contributed by atoms with van der Waals surface area (Å²) < 4.78 is 0. The third-order valence-electron chi connectivity index (χ3n) is 2.00. The minimum Gasteiger partial charge on any atom is -0.320 e. The fraction of sp³-hybridized carbons (Fsp3) is 1.00. The molecule has 0 aromatic rings. The highest BCUT2D eigenvalue weighted by Crippen LogP contribution is 2.15. The standard InChI is InChI=1S/C6H12.C4H11N/c1-2-4-6-5-3-1;1-3-4-5-2/h1-6H2;5H,3-4H2,1-2H3. The SMILES string of the molecule is C1CCCCC1.CCCNC. The summed E-state index contributed by atoms with van der Waals surface area (Å²) in [6.07, 6.45) is 10.2. The van der Waals surface area contributed by atoms with Gasteiger partial charge in [-0.25, -0.2) is 0 Å². The lowest BCUT2D eigenvalue weighted by Crippen LogP contribution is -2.04. The van der Waals surface area contributed by atoms with E-state index in [9.17, 15) is 0 Å². The average molecular weight is 157 g/mol. The highest BCUT2D eigenvalue weighted by Gasteiger charge is 1.95. The third kappa shape index (κ3) is 9.96. The molecule has 1 aliphatic carbocycles. The van der Waals surface area contributed by atoms with Crippen LogP contribution in [0.1, 0.15) is 51.9 Å². The van der Waals surface area contributed by atoms with Gasteiger partial charge in [0.2, 0.25) is 0 Å². The fourth-order valence-corrected chi connectivity index (χ4v) is 1.31. The average Bonchev–Trinajstić information content (AvgIpc) is 2.10. The molecule has 1 nitrogen and oxygen atoms in total. The van der Waals surface area contributed by atoms with E-state index in [0.29, 0.717) is 0 Å². The molecule has 11 heavy (non-hydrogen) atoms. The summed E-state index contributed by atoms with van der Waals surface area (Å²) in [6.45, 7) is 3.29. The van der Waals surface area contributed by atoms with Crippen LogP contribution < -0.4 is 5.32 Å². The third-order valence-corrected chi connectivity index (χ3v) is 2.00. The fourth-order valence-electron chi connectivity index (χ4n) is 1.31. The van der Waals surface area contributed by atoms with E-state index in [1.165, 1.54) is 44.9 Å². The molecule has 1 fully saturated rings. The van der Waals surface area contributed by atoms with Gasteiger partial charge in [0.05, 0.1) is 0 Å². The van der Waals surface area contributed by atoms with Gasteiger partial charge in [-0.3, -0.25) is 0 Å². The maximum Gasteiger partial charge on any atom is -0.00546 e. The van der Waals surface area contributed by atoms with E-state index in [4.69, 9.17) is 0 Å². The van der Waals surface area contributed by atoms with Gasteiger partial charge in [-0.1, -0.05) is 45.4 Å². The van der Waals surface area contributed by atoms with Gasteiger partial charge in [0.15, 0.2) is 0 Å². The lowest BCUT2D eigenvalue weighted by atomic mass is 10.0. The number of hydrogen-bond donors (Lipinski definition) is 1. The van der Waals surface area contributed by atoms with Gasteiger partial charge >= 0.3 is 0 Å². The molecule has 0 heterocycles. The lowest BCUT2D eigenvalue weighted by Gasteiger charge is -2.05. The highest BCUT2D eigenvalue weighted by atomic mass is 14.8. The second kappa shape index (κ2) is 9.96. The molecule has 0 radical (unpaired) electrons. The Bertz CT molecular complexity index is 44.4. The minimum absolute atomic E-state index is 1.14. The van der Waals surface area contributed by atoms with Crippen LogP contribution >= 0.6 is 0 Å². The molecule has 1 aliphatic rings. The summed E-state index contributed by atoms with van der Waals surface area (Å²) in [5.41, 5.74) is 0. The van der Waals surface area contributed by atoms with Crippen LogP contribution in [-0.4, -0.2) is 13.6 Å². The van der Waals surface area contributed by atoms with E-state index in [1.807, 2.05) is 7.05 Å². The predicted molar refractivity (Wildman–Crippen MR) is 51.9 cm³/mol. The molecule has 0 atom stereocenters. The molecule has 0 spiro atoms. The predicted octanol–water partition coefficient (Wildman–Crippen LogP) is 2.96. The number of rotatable bonds is 2. The van der Waals surface area contributed by atoms with E-state index in [0.717, 1.165) is 6.54 Å². The van der Waals surface area contributed by atoms with Gasteiger partial charge < -0.3 is 5.32 Å². The van der Waals surface area contributed by atoms with Crippen LogP contribution in [0.5, 0.6) is 0 Å². The first kappa shape index (κ1) is 11.0. The monoisotopic (exact) mass is 157 g/mol. The van der Waals surface area contributed by atoms with Crippen LogP contribution in [0.2, 0.25) is 0 Å². The van der Waals surface area contributed by atoms with E-state index in [1.54, 1.807) is 0 Å². The summed E-state index contributed by atoms with van der Waals surface area (Å²) in [7, 11) is 1.96. The van der Waals surface area contributed by atoms with Crippen molar-refractivity contribution in [3.8, 4) is 0 Å². The Kier molecular flexibility index (Phi) is 9.92. The number of nitrogens with one attached hydrogen (secondary N) is 1. The second-order valence-electron chi connectivity index (χ2n) is 3.22. The van der Waals surface area contributed by atoms with Crippen LogP contribution in [0.15, 0.2) is 0 Å². The Balaban J connectivity index is 0.000000187. The van der Waals surface area contributed by atoms with Crippen molar-refractivity contribution in [3.05, 3.63) is 0 Å². The molecular weight excluding hydrogens is 134 g/mol. The van der Waals surface area contributed by atoms with E-state index in [-0.39, 0.29) is 0 Å². The van der Waals surface area contributed by atoms with Crippen LogP contribution in [0.4, 0.5) is 0 Å². The van der Waals surface area contributed by atoms with Crippen molar-refractivity contribution in [1.29, 1.82) is 0 Å². The quantitative estimate of drug-likeness (QED) is 0.650. The maximum absolute atomic E-state index is 3.02. The largest absolute Gasteiger partial charge is 0.320 e. The Morgan fingerprint density at radius 1 is 0.909 bits per heavy atom. The maximum atomic E-state index is 3.02. The van der Waals surface area contributed by atoms with Crippen molar-refractivity contribution in [3.63, 3.8) is 0 Å². The first-order valence-corrected chi connectivity index (χ1v) is 5.06. The Hall–Kier alpha value is -0.0400. The molecule has 0 saturated heterocycles. The Morgan fingerprint density at radius 3 is 1.36 bits per heavy atom. The molecule has 0 aliphatic heterocycles. The molecule has 0 aromatic carbocycles. The van der Waals surface area contributed by atoms with E-state index < -0.39 is 0 Å². The summed E-state index contributed by atoms with van der Waals surface area (Å²) in [5.74, 6) is 0. The summed E-state index contributed by atoms with van der Waals surface area (Å²) >= 11 is 0. The molecule has 68 valence electrons. The molecule has 1 N–H and O–H groups in total. The topological polar surface area (TPSA) is 12.0 Å². The van der Waals surface area contributed by atoms with Crippen molar-refractivity contribution >= 4 is 0 Å². The normalized spacial score (nSPS) is 16.9. The van der Waals surface area contributed by atoms with Crippen LogP contribution in [-0.2, 0) is 0 Å². The zero-order valence-corrected chi connectivity index (χ0v) is 8.16. The molecule has 0 amide bonds. The molecular formula is C10H23N. The first-order chi connectivity index (χ1) is 5.41. The van der Waals surface area contributed by atoms with Crippen molar-refractivity contribution in [2.24, 2.45) is 0 Å². The van der Waals surface area contributed by atoms with Crippen molar-refractivity contribution in [2.75, 3.05) is 13.6 Å². The molecule has 0 unspecified atom stereocenters. The first-order valence-electron chi connectivity index (χ1n) is 5.06. The Labute approximate surface area is 71.6 Å². The summed E-state index contributed by atoms with van der Waals surface area (Å²) in [6, 6.07) is 0. The van der Waals surface area contributed by atoms with Crippen LogP contribution in [0.3, 0.4) is 0 Å². The summed E-state index contributed by atoms with van der Waals surface area (Å²) in [4.78, 5) is 0. The zero-order chi connectivity index (χ0) is 8.36. The summed E-state index contributed by atoms with van der Waals surface area (Å²) in [5, 5.41) is 3.02. The Morgan fingerprint density at radius 2 is 1.27 bits per heavy atom. The zero-order valence-electron chi connectivity index (χ0n) is 8.16. The molecule has 0 bridgehead atoms. The molecule has 1 heteroatoms. The number of hydrogen-bond acceptors (Lipinski definition) is 1.